The summed E-state index contributed by atoms with van der Waals surface area (Å²) in [7, 11) is 0. The minimum Gasteiger partial charge on any atom is -0.481 e. The van der Waals surface area contributed by atoms with Crippen LogP contribution in [0, 0.1) is 13.8 Å². The molecule has 1 unspecified atom stereocenters. The number of carbonyl (C=O) groups excluding carboxylic acids is 3. The number of hydrazine groups is 1. The van der Waals surface area contributed by atoms with Gasteiger partial charge in [0.05, 0.1) is 0 Å². The zero-order valence-corrected chi connectivity index (χ0v) is 17.9. The van der Waals surface area contributed by atoms with E-state index >= 15 is 0 Å². The van der Waals surface area contributed by atoms with Crippen LogP contribution in [0.3, 0.4) is 0 Å². The van der Waals surface area contributed by atoms with Gasteiger partial charge in [0.15, 0.2) is 6.10 Å². The first-order valence-corrected chi connectivity index (χ1v) is 10.00. The van der Waals surface area contributed by atoms with Crippen LogP contribution in [-0.2, 0) is 20.8 Å². The van der Waals surface area contributed by atoms with Gasteiger partial charge in [0.2, 0.25) is 11.8 Å². The van der Waals surface area contributed by atoms with Crippen molar-refractivity contribution in [3.8, 4) is 5.75 Å². The van der Waals surface area contributed by atoms with E-state index in [4.69, 9.17) is 4.74 Å². The number of anilines is 1. The number of nitrogens with one attached hydrogen (secondary N) is 3. The minimum atomic E-state index is -0.786. The number of carbonyl (C=O) groups is 3. The van der Waals surface area contributed by atoms with E-state index in [1.165, 1.54) is 5.56 Å². The highest BCUT2D eigenvalue weighted by Gasteiger charge is 2.16. The van der Waals surface area contributed by atoms with Crippen LogP contribution in [0.1, 0.15) is 43.4 Å². The molecule has 0 spiro atoms. The van der Waals surface area contributed by atoms with Crippen molar-refractivity contribution in [1.29, 1.82) is 0 Å². The molecular formula is C23H29N3O4. The summed E-state index contributed by atoms with van der Waals surface area (Å²) in [6.45, 7) is 7.60. The second kappa shape index (κ2) is 11.0. The Balaban J connectivity index is 1.70. The van der Waals surface area contributed by atoms with Crippen LogP contribution in [0.25, 0.3) is 0 Å². The van der Waals surface area contributed by atoms with Crippen LogP contribution in [0.4, 0.5) is 5.69 Å². The quantitative estimate of drug-likeness (QED) is 0.581. The third-order valence-corrected chi connectivity index (χ3v) is 4.71. The van der Waals surface area contributed by atoms with Crippen molar-refractivity contribution in [1.82, 2.24) is 10.9 Å². The largest absolute Gasteiger partial charge is 0.481 e. The van der Waals surface area contributed by atoms with Crippen molar-refractivity contribution in [3.63, 3.8) is 0 Å². The van der Waals surface area contributed by atoms with E-state index in [0.29, 0.717) is 11.4 Å². The fourth-order valence-corrected chi connectivity index (χ4v) is 2.63. The fourth-order valence-electron chi connectivity index (χ4n) is 2.63. The van der Waals surface area contributed by atoms with Crippen molar-refractivity contribution in [2.24, 2.45) is 0 Å². The Morgan fingerprint density at radius 3 is 2.20 bits per heavy atom. The zero-order chi connectivity index (χ0) is 22.1. The summed E-state index contributed by atoms with van der Waals surface area (Å²) in [5.74, 6) is -0.642. The molecule has 2 rings (SSSR count). The van der Waals surface area contributed by atoms with E-state index in [1.807, 2.05) is 44.2 Å². The lowest BCUT2D eigenvalue weighted by atomic mass is 10.1. The highest BCUT2D eigenvalue weighted by molar-refractivity contribution is 5.93. The number of benzene rings is 2. The van der Waals surface area contributed by atoms with Crippen molar-refractivity contribution >= 4 is 23.4 Å². The number of amides is 3. The molecule has 2 aromatic carbocycles. The van der Waals surface area contributed by atoms with Gasteiger partial charge in [-0.1, -0.05) is 25.1 Å². The molecule has 0 saturated carbocycles. The molecule has 7 nitrogen and oxygen atoms in total. The van der Waals surface area contributed by atoms with Gasteiger partial charge in [0, 0.05) is 18.5 Å². The highest BCUT2D eigenvalue weighted by atomic mass is 16.5. The van der Waals surface area contributed by atoms with Gasteiger partial charge >= 0.3 is 0 Å². The first kappa shape index (κ1) is 22.9. The van der Waals surface area contributed by atoms with Crippen LogP contribution < -0.4 is 20.9 Å². The molecule has 2 aromatic rings. The molecule has 3 amide bonds. The molecule has 160 valence electrons. The van der Waals surface area contributed by atoms with Gasteiger partial charge in [-0.15, -0.1) is 0 Å². The van der Waals surface area contributed by atoms with Crippen molar-refractivity contribution in [2.45, 2.75) is 53.1 Å². The minimum absolute atomic E-state index is 0.00442. The summed E-state index contributed by atoms with van der Waals surface area (Å²) < 4.78 is 5.56. The third kappa shape index (κ3) is 7.24. The molecule has 0 fully saturated rings. The summed E-state index contributed by atoms with van der Waals surface area (Å²) in [4.78, 5) is 36.0. The van der Waals surface area contributed by atoms with Gasteiger partial charge in [-0.05, 0) is 68.1 Å². The third-order valence-electron chi connectivity index (χ3n) is 4.71. The predicted octanol–water partition coefficient (Wildman–Crippen LogP) is 3.20. The molecule has 0 aliphatic rings. The van der Waals surface area contributed by atoms with Gasteiger partial charge in [-0.3, -0.25) is 25.2 Å². The summed E-state index contributed by atoms with van der Waals surface area (Å²) in [6.07, 6.45) is 0.0889. The molecule has 3 N–H and O–H groups in total. The first-order chi connectivity index (χ1) is 14.3. The van der Waals surface area contributed by atoms with E-state index in [0.717, 1.165) is 17.5 Å². The molecule has 0 bridgehead atoms. The SMILES string of the molecule is CCc1ccc(OC(C)C(=O)NNC(=O)CCC(=O)Nc2ccc(C)c(C)c2)cc1. The number of aryl methyl sites for hydroxylation is 3. The van der Waals surface area contributed by atoms with Crippen LogP contribution in [0.2, 0.25) is 0 Å². The second-order valence-electron chi connectivity index (χ2n) is 7.14. The van der Waals surface area contributed by atoms with E-state index in [-0.39, 0.29) is 18.7 Å². The summed E-state index contributed by atoms with van der Waals surface area (Å²) in [6, 6.07) is 13.1. The lowest BCUT2D eigenvalue weighted by Crippen LogP contribution is -2.47. The Hall–Kier alpha value is -3.35. The summed E-state index contributed by atoms with van der Waals surface area (Å²) >= 11 is 0. The Labute approximate surface area is 177 Å². The first-order valence-electron chi connectivity index (χ1n) is 10.00. The molecule has 1 atom stereocenters. The highest BCUT2D eigenvalue weighted by Crippen LogP contribution is 2.15. The normalized spacial score (nSPS) is 11.3. The number of rotatable bonds is 8. The van der Waals surface area contributed by atoms with Gasteiger partial charge in [0.1, 0.15) is 5.75 Å². The lowest BCUT2D eigenvalue weighted by Gasteiger charge is -2.15. The molecule has 0 aliphatic heterocycles. The van der Waals surface area contributed by atoms with Crippen LogP contribution in [-0.4, -0.2) is 23.8 Å². The van der Waals surface area contributed by atoms with E-state index in [2.05, 4.69) is 23.1 Å². The standard InChI is InChI=1S/C23H29N3O4/c1-5-18-7-10-20(11-8-18)30-17(4)23(29)26-25-22(28)13-12-21(27)24-19-9-6-15(2)16(3)14-19/h6-11,14,17H,5,12-13H2,1-4H3,(H,24,27)(H,25,28)(H,26,29). The Morgan fingerprint density at radius 1 is 0.900 bits per heavy atom. The zero-order valence-electron chi connectivity index (χ0n) is 17.9. The molecule has 0 saturated heterocycles. The van der Waals surface area contributed by atoms with E-state index in [9.17, 15) is 14.4 Å². The average Bonchev–Trinajstić information content (AvgIpc) is 2.73. The molecule has 0 aromatic heterocycles. The van der Waals surface area contributed by atoms with E-state index in [1.54, 1.807) is 19.1 Å². The Kier molecular flexibility index (Phi) is 8.41. The maximum Gasteiger partial charge on any atom is 0.279 e. The van der Waals surface area contributed by atoms with Gasteiger partial charge in [-0.25, -0.2) is 0 Å². The predicted molar refractivity (Wildman–Crippen MR) is 116 cm³/mol. The van der Waals surface area contributed by atoms with Crippen molar-refractivity contribution in [2.75, 3.05) is 5.32 Å². The second-order valence-corrected chi connectivity index (χ2v) is 7.14. The summed E-state index contributed by atoms with van der Waals surface area (Å²) in [5.41, 5.74) is 8.70. The molecule has 30 heavy (non-hydrogen) atoms. The Morgan fingerprint density at radius 2 is 1.57 bits per heavy atom. The molecule has 0 aliphatic carbocycles. The smallest absolute Gasteiger partial charge is 0.279 e. The van der Waals surface area contributed by atoms with Crippen molar-refractivity contribution in [3.05, 3.63) is 59.2 Å². The van der Waals surface area contributed by atoms with Crippen LogP contribution in [0.15, 0.2) is 42.5 Å². The van der Waals surface area contributed by atoms with Gasteiger partial charge < -0.3 is 10.1 Å². The number of ether oxygens (including phenoxy) is 1. The van der Waals surface area contributed by atoms with Crippen LogP contribution in [0.5, 0.6) is 5.75 Å². The maximum absolute atomic E-state index is 12.1. The van der Waals surface area contributed by atoms with Crippen molar-refractivity contribution < 1.29 is 19.1 Å². The Bertz CT molecular complexity index is 894. The fraction of sp³-hybridized carbons (Fsp3) is 0.348. The summed E-state index contributed by atoms with van der Waals surface area (Å²) in [5, 5.41) is 2.76. The molecule has 7 heteroatoms. The maximum atomic E-state index is 12.1. The monoisotopic (exact) mass is 411 g/mol. The number of hydrogen-bond acceptors (Lipinski definition) is 4. The van der Waals surface area contributed by atoms with Gasteiger partial charge in [-0.2, -0.15) is 0 Å². The average molecular weight is 412 g/mol. The van der Waals surface area contributed by atoms with Crippen LogP contribution >= 0.6 is 0 Å². The topological polar surface area (TPSA) is 96.5 Å². The number of hydrogen-bond donors (Lipinski definition) is 3. The van der Waals surface area contributed by atoms with E-state index < -0.39 is 17.9 Å². The lowest BCUT2D eigenvalue weighted by molar-refractivity contribution is -0.133. The molecule has 0 radical (unpaired) electrons. The van der Waals surface area contributed by atoms with Gasteiger partial charge in [0.25, 0.3) is 5.91 Å². The molecular weight excluding hydrogens is 382 g/mol. The molecule has 0 heterocycles.